The summed E-state index contributed by atoms with van der Waals surface area (Å²) in [6.45, 7) is 0.579. The maximum Gasteiger partial charge on any atom is 0.223 e. The first-order chi connectivity index (χ1) is 11.5. The van der Waals surface area contributed by atoms with Crippen molar-refractivity contribution in [2.24, 2.45) is 0 Å². The molecule has 4 rings (SSSR count). The van der Waals surface area contributed by atoms with Crippen LogP contribution in [0.25, 0.3) is 0 Å². The molecular weight excluding hydrogens is 349 g/mol. The number of aromatic nitrogens is 2. The molecule has 24 heavy (non-hydrogen) atoms. The van der Waals surface area contributed by atoms with Gasteiger partial charge in [0.15, 0.2) is 0 Å². The fourth-order valence-corrected chi connectivity index (χ4v) is 4.56. The molecule has 0 aliphatic carbocycles. The van der Waals surface area contributed by atoms with Gasteiger partial charge in [0.2, 0.25) is 5.91 Å². The average Bonchev–Trinajstić information content (AvgIpc) is 3.20. The van der Waals surface area contributed by atoms with Crippen molar-refractivity contribution < 1.29 is 9.90 Å². The lowest BCUT2D eigenvalue weighted by Gasteiger charge is -2.34. The van der Waals surface area contributed by atoms with Crippen LogP contribution in [0.3, 0.4) is 0 Å². The molecule has 7 heteroatoms. The van der Waals surface area contributed by atoms with E-state index in [1.165, 1.54) is 0 Å². The Balaban J connectivity index is 1.60. The summed E-state index contributed by atoms with van der Waals surface area (Å²) in [6.07, 6.45) is 5.84. The number of hydrogen-bond acceptors (Lipinski definition) is 3. The highest BCUT2D eigenvalue weighted by molar-refractivity contribution is 6.42. The van der Waals surface area contributed by atoms with E-state index in [1.54, 1.807) is 18.3 Å². The number of aromatic amines is 1. The normalized spacial score (nSPS) is 26.7. The highest BCUT2D eigenvalue weighted by atomic mass is 35.5. The van der Waals surface area contributed by atoms with Crippen molar-refractivity contribution in [3.63, 3.8) is 0 Å². The molecule has 2 aliphatic heterocycles. The molecule has 1 aromatic carbocycles. The zero-order valence-corrected chi connectivity index (χ0v) is 14.4. The summed E-state index contributed by atoms with van der Waals surface area (Å²) in [5.74, 6) is 0.499. The molecule has 1 amide bonds. The topological polar surface area (TPSA) is 69.2 Å². The van der Waals surface area contributed by atoms with Crippen LogP contribution in [0.5, 0.6) is 5.75 Å². The Bertz CT molecular complexity index is 778. The van der Waals surface area contributed by atoms with Crippen LogP contribution in [-0.2, 0) is 4.79 Å². The molecule has 126 valence electrons. The first-order valence-electron chi connectivity index (χ1n) is 7.99. The second-order valence-electron chi connectivity index (χ2n) is 6.60. The molecule has 3 atom stereocenters. The molecule has 3 heterocycles. The number of halogens is 2. The maximum absolute atomic E-state index is 12.6. The van der Waals surface area contributed by atoms with Crippen molar-refractivity contribution in [1.29, 1.82) is 0 Å². The van der Waals surface area contributed by atoms with Gasteiger partial charge in [-0.05, 0) is 36.5 Å². The summed E-state index contributed by atoms with van der Waals surface area (Å²) in [4.78, 5) is 14.5. The molecule has 2 N–H and O–H groups in total. The molecule has 2 saturated heterocycles. The van der Waals surface area contributed by atoms with Crippen LogP contribution >= 0.6 is 23.2 Å². The molecule has 0 bridgehead atoms. The second kappa shape index (κ2) is 5.97. The number of nitrogens with one attached hydrogen (secondary N) is 1. The minimum absolute atomic E-state index is 0.00764. The van der Waals surface area contributed by atoms with Crippen LogP contribution in [-0.4, -0.2) is 38.7 Å². The zero-order valence-electron chi connectivity index (χ0n) is 12.9. The molecule has 2 aliphatic rings. The second-order valence-corrected chi connectivity index (χ2v) is 7.38. The lowest BCUT2D eigenvalue weighted by atomic mass is 9.85. The van der Waals surface area contributed by atoms with E-state index in [9.17, 15) is 9.90 Å². The number of phenolic OH excluding ortho intramolecular Hbond substituents is 1. The third kappa shape index (κ3) is 2.56. The number of piperidine rings is 1. The largest absolute Gasteiger partial charge is 0.508 e. The summed E-state index contributed by atoms with van der Waals surface area (Å²) >= 11 is 12.4. The molecule has 0 unspecified atom stereocenters. The third-order valence-corrected chi connectivity index (χ3v) is 6.04. The monoisotopic (exact) mass is 365 g/mol. The number of aromatic hydroxyl groups is 1. The van der Waals surface area contributed by atoms with Gasteiger partial charge in [0.1, 0.15) is 5.75 Å². The Morgan fingerprint density at radius 2 is 2.04 bits per heavy atom. The minimum Gasteiger partial charge on any atom is -0.508 e. The van der Waals surface area contributed by atoms with E-state index in [0.717, 1.165) is 18.4 Å². The van der Waals surface area contributed by atoms with E-state index < -0.39 is 0 Å². The Morgan fingerprint density at radius 1 is 1.25 bits per heavy atom. The molecule has 0 spiro atoms. The van der Waals surface area contributed by atoms with Gasteiger partial charge in [-0.3, -0.25) is 9.89 Å². The van der Waals surface area contributed by atoms with Crippen LogP contribution in [0.1, 0.15) is 42.2 Å². The minimum atomic E-state index is 0.00764. The Hall–Kier alpha value is -1.72. The van der Waals surface area contributed by atoms with E-state index in [0.29, 0.717) is 28.6 Å². The van der Waals surface area contributed by atoms with E-state index in [2.05, 4.69) is 10.2 Å². The van der Waals surface area contributed by atoms with Gasteiger partial charge < -0.3 is 10.0 Å². The number of carbonyl (C=O) groups is 1. The van der Waals surface area contributed by atoms with Crippen LogP contribution in [0.15, 0.2) is 24.5 Å². The predicted molar refractivity (Wildman–Crippen MR) is 91.5 cm³/mol. The van der Waals surface area contributed by atoms with Gasteiger partial charge in [-0.1, -0.05) is 23.2 Å². The van der Waals surface area contributed by atoms with Crippen LogP contribution in [0.4, 0.5) is 0 Å². The van der Waals surface area contributed by atoms with Gasteiger partial charge in [0, 0.05) is 36.7 Å². The summed E-state index contributed by atoms with van der Waals surface area (Å²) in [5.41, 5.74) is 1.74. The van der Waals surface area contributed by atoms with E-state index in [4.69, 9.17) is 23.2 Å². The fraction of sp³-hybridized carbons (Fsp3) is 0.412. The zero-order chi connectivity index (χ0) is 16.8. The number of nitrogens with zero attached hydrogens (tertiary/aromatic N) is 2. The standard InChI is InChI=1S/C17H17Cl2N3O2/c18-13-1-2-14(23)16(17(13)19)10-4-12-3-9(11-6-20-21-7-11)5-15(24)22(12)8-10/h1-2,6-7,9-10,12,23H,3-5,8H2,(H,20,21)/t9-,10-,12+/m0/s1. The Kier molecular flexibility index (Phi) is 3.93. The van der Waals surface area contributed by atoms with Crippen molar-refractivity contribution in [3.05, 3.63) is 45.7 Å². The van der Waals surface area contributed by atoms with E-state index in [-0.39, 0.29) is 29.5 Å². The van der Waals surface area contributed by atoms with Crippen LogP contribution in [0, 0.1) is 0 Å². The molecule has 0 saturated carbocycles. The highest BCUT2D eigenvalue weighted by Gasteiger charge is 2.43. The Morgan fingerprint density at radius 3 is 2.79 bits per heavy atom. The van der Waals surface area contributed by atoms with Crippen molar-refractivity contribution in [2.45, 2.75) is 37.1 Å². The van der Waals surface area contributed by atoms with Gasteiger partial charge in [-0.2, -0.15) is 5.10 Å². The van der Waals surface area contributed by atoms with Crippen molar-refractivity contribution in [1.82, 2.24) is 15.1 Å². The Labute approximate surface area is 149 Å². The SMILES string of the molecule is O=C1C[C@@H](c2cn[nH]c2)C[C@@H]2C[C@H](c3c(O)ccc(Cl)c3Cl)CN12. The summed E-state index contributed by atoms with van der Waals surface area (Å²) < 4.78 is 0. The summed E-state index contributed by atoms with van der Waals surface area (Å²) in [6, 6.07) is 3.31. The lowest BCUT2D eigenvalue weighted by molar-refractivity contribution is -0.135. The van der Waals surface area contributed by atoms with E-state index >= 15 is 0 Å². The smallest absolute Gasteiger partial charge is 0.223 e. The molecule has 0 radical (unpaired) electrons. The number of amides is 1. The summed E-state index contributed by atoms with van der Waals surface area (Å²) in [7, 11) is 0. The van der Waals surface area contributed by atoms with Gasteiger partial charge in [0.05, 0.1) is 16.2 Å². The van der Waals surface area contributed by atoms with Gasteiger partial charge in [-0.15, -0.1) is 0 Å². The number of carbonyl (C=O) groups excluding carboxylic acids is 1. The highest BCUT2D eigenvalue weighted by Crippen LogP contribution is 2.46. The van der Waals surface area contributed by atoms with Crippen molar-refractivity contribution >= 4 is 29.1 Å². The van der Waals surface area contributed by atoms with Gasteiger partial charge in [-0.25, -0.2) is 0 Å². The van der Waals surface area contributed by atoms with Gasteiger partial charge >= 0.3 is 0 Å². The number of benzene rings is 1. The number of hydrogen-bond donors (Lipinski definition) is 2. The number of rotatable bonds is 2. The quantitative estimate of drug-likeness (QED) is 0.852. The van der Waals surface area contributed by atoms with Crippen molar-refractivity contribution in [2.75, 3.05) is 6.54 Å². The predicted octanol–water partition coefficient (Wildman–Crippen LogP) is 3.68. The average molecular weight is 366 g/mol. The number of H-pyrrole nitrogens is 1. The molecule has 5 nitrogen and oxygen atoms in total. The first kappa shape index (κ1) is 15.8. The first-order valence-corrected chi connectivity index (χ1v) is 8.75. The molecule has 1 aromatic heterocycles. The van der Waals surface area contributed by atoms with Crippen LogP contribution < -0.4 is 0 Å². The molecule has 2 aromatic rings. The van der Waals surface area contributed by atoms with Gasteiger partial charge in [0.25, 0.3) is 0 Å². The summed E-state index contributed by atoms with van der Waals surface area (Å²) in [5, 5.41) is 17.8. The number of phenols is 1. The maximum atomic E-state index is 12.6. The molecular formula is C17H17Cl2N3O2. The lowest BCUT2D eigenvalue weighted by Crippen LogP contribution is -2.41. The van der Waals surface area contributed by atoms with Crippen molar-refractivity contribution in [3.8, 4) is 5.75 Å². The van der Waals surface area contributed by atoms with Crippen LogP contribution in [0.2, 0.25) is 10.0 Å². The third-order valence-electron chi connectivity index (χ3n) is 5.22. The number of fused-ring (bicyclic) bond motifs is 1. The molecule has 2 fully saturated rings. The fourth-order valence-electron chi connectivity index (χ4n) is 4.08. The van der Waals surface area contributed by atoms with E-state index in [1.807, 2.05) is 11.1 Å².